The monoisotopic (exact) mass is 417 g/mol. The summed E-state index contributed by atoms with van der Waals surface area (Å²) >= 11 is 0. The van der Waals surface area contributed by atoms with Gasteiger partial charge in [0.2, 0.25) is 6.79 Å². The van der Waals surface area contributed by atoms with Gasteiger partial charge in [-0.15, -0.1) is 0 Å². The molecule has 1 aliphatic rings. The van der Waals surface area contributed by atoms with Crippen LogP contribution in [0.15, 0.2) is 50.9 Å². The molecule has 0 atom stereocenters. The van der Waals surface area contributed by atoms with Crippen molar-refractivity contribution >= 4 is 26.6 Å². The van der Waals surface area contributed by atoms with Crippen LogP contribution in [0.1, 0.15) is 6.92 Å². The Balaban J connectivity index is 1.87. The Labute approximate surface area is 166 Å². The van der Waals surface area contributed by atoms with Crippen molar-refractivity contribution in [1.29, 1.82) is 0 Å². The Morgan fingerprint density at radius 2 is 1.72 bits per heavy atom. The molecular weight excluding hydrogens is 398 g/mol. The Bertz CT molecular complexity index is 1360. The molecule has 0 unspecified atom stereocenters. The first-order chi connectivity index (χ1) is 13.8. The zero-order chi connectivity index (χ0) is 20.9. The van der Waals surface area contributed by atoms with Crippen molar-refractivity contribution in [2.45, 2.75) is 11.8 Å². The fourth-order valence-electron chi connectivity index (χ4n) is 3.39. The fraction of sp³-hybridized carbons (Fsp3) is 0.263. The van der Waals surface area contributed by atoms with Crippen LogP contribution in [0.3, 0.4) is 0 Å². The second-order valence-electron chi connectivity index (χ2n) is 6.59. The summed E-state index contributed by atoms with van der Waals surface area (Å²) in [7, 11) is -1.08. The van der Waals surface area contributed by atoms with Gasteiger partial charge in [0.25, 0.3) is 15.6 Å². The average molecular weight is 417 g/mol. The van der Waals surface area contributed by atoms with E-state index in [1.54, 1.807) is 25.1 Å². The molecule has 0 aliphatic carbocycles. The van der Waals surface area contributed by atoms with E-state index in [4.69, 9.17) is 9.47 Å². The first-order valence-corrected chi connectivity index (χ1v) is 10.3. The van der Waals surface area contributed by atoms with Gasteiger partial charge in [-0.2, -0.15) is 0 Å². The van der Waals surface area contributed by atoms with Crippen LogP contribution in [0.25, 0.3) is 10.9 Å². The maximum atomic E-state index is 13.3. The summed E-state index contributed by atoms with van der Waals surface area (Å²) in [6, 6.07) is 9.07. The number of sulfonamides is 1. The predicted molar refractivity (Wildman–Crippen MR) is 107 cm³/mol. The molecule has 1 aliphatic heterocycles. The average Bonchev–Trinajstić information content (AvgIpc) is 3.18. The van der Waals surface area contributed by atoms with E-state index in [0.717, 1.165) is 4.57 Å². The number of aryl methyl sites for hydroxylation is 1. The molecule has 0 saturated heterocycles. The van der Waals surface area contributed by atoms with E-state index in [9.17, 15) is 18.0 Å². The molecule has 9 nitrogen and oxygen atoms in total. The van der Waals surface area contributed by atoms with E-state index in [1.165, 1.54) is 41.2 Å². The highest BCUT2D eigenvalue weighted by Crippen LogP contribution is 2.37. The largest absolute Gasteiger partial charge is 0.454 e. The van der Waals surface area contributed by atoms with Gasteiger partial charge in [-0.25, -0.2) is 13.2 Å². The number of fused-ring (bicyclic) bond motifs is 2. The van der Waals surface area contributed by atoms with E-state index in [1.807, 2.05) is 0 Å². The molecule has 0 radical (unpaired) electrons. The zero-order valence-electron chi connectivity index (χ0n) is 16.1. The number of aromatic nitrogens is 2. The Hall–Kier alpha value is -3.27. The highest BCUT2D eigenvalue weighted by molar-refractivity contribution is 7.92. The summed E-state index contributed by atoms with van der Waals surface area (Å²) in [5.41, 5.74) is -0.242. The quantitative estimate of drug-likeness (QED) is 0.632. The third kappa shape index (κ3) is 2.87. The lowest BCUT2D eigenvalue weighted by atomic mass is 10.2. The molecule has 0 bridgehead atoms. The summed E-state index contributed by atoms with van der Waals surface area (Å²) in [4.78, 5) is 24.6. The fourth-order valence-corrected chi connectivity index (χ4v) is 4.89. The molecule has 0 amide bonds. The molecule has 0 saturated carbocycles. The molecule has 0 N–H and O–H groups in total. The van der Waals surface area contributed by atoms with Crippen molar-refractivity contribution in [3.05, 3.63) is 57.2 Å². The molecule has 152 valence electrons. The summed E-state index contributed by atoms with van der Waals surface area (Å²) in [5, 5.41) is 0.150. The third-order valence-corrected chi connectivity index (χ3v) is 6.86. The SMILES string of the molecule is CCN(c1ccc2c(c1)OCO2)S(=O)(=O)c1ccc2c(c1)c(=O)n(C)c(=O)n2C. The maximum Gasteiger partial charge on any atom is 0.330 e. The predicted octanol–water partition coefficient (Wildman–Crippen LogP) is 1.18. The molecule has 10 heteroatoms. The van der Waals surface area contributed by atoms with Crippen molar-refractivity contribution < 1.29 is 17.9 Å². The van der Waals surface area contributed by atoms with Crippen LogP contribution in [0.4, 0.5) is 5.69 Å². The van der Waals surface area contributed by atoms with E-state index >= 15 is 0 Å². The van der Waals surface area contributed by atoms with Gasteiger partial charge in [-0.05, 0) is 37.3 Å². The minimum absolute atomic E-state index is 0.0414. The number of benzene rings is 2. The minimum atomic E-state index is -3.96. The van der Waals surface area contributed by atoms with Crippen molar-refractivity contribution in [1.82, 2.24) is 9.13 Å². The number of anilines is 1. The van der Waals surface area contributed by atoms with Crippen LogP contribution < -0.4 is 25.0 Å². The normalized spacial score (nSPS) is 13.1. The van der Waals surface area contributed by atoms with E-state index < -0.39 is 21.3 Å². The van der Waals surface area contributed by atoms with Gasteiger partial charge >= 0.3 is 5.69 Å². The van der Waals surface area contributed by atoms with Gasteiger partial charge in [0.15, 0.2) is 11.5 Å². The van der Waals surface area contributed by atoms with Gasteiger partial charge < -0.3 is 9.47 Å². The van der Waals surface area contributed by atoms with E-state index in [2.05, 4.69) is 0 Å². The van der Waals surface area contributed by atoms with Crippen LogP contribution in [0.5, 0.6) is 11.5 Å². The molecule has 4 rings (SSSR count). The lowest BCUT2D eigenvalue weighted by Gasteiger charge is -2.23. The van der Waals surface area contributed by atoms with Crippen LogP contribution in [-0.4, -0.2) is 30.9 Å². The molecule has 0 spiro atoms. The Morgan fingerprint density at radius 3 is 2.45 bits per heavy atom. The lowest BCUT2D eigenvalue weighted by molar-refractivity contribution is 0.174. The van der Waals surface area contributed by atoms with Gasteiger partial charge in [0.05, 0.1) is 21.5 Å². The van der Waals surface area contributed by atoms with Crippen LogP contribution in [0.2, 0.25) is 0 Å². The summed E-state index contributed by atoms with van der Waals surface area (Å²) in [5.74, 6) is 1.02. The maximum absolute atomic E-state index is 13.3. The number of hydrogen-bond donors (Lipinski definition) is 0. The standard InChI is InChI=1S/C19H19N3O6S/c1-4-22(12-5-8-16-17(9-12)28-11-27-16)29(25,26)13-6-7-15-14(10-13)18(23)21(3)19(24)20(15)2/h5-10H,4,11H2,1-3H3. The molecular formula is C19H19N3O6S. The summed E-state index contributed by atoms with van der Waals surface area (Å²) in [6.45, 7) is 1.97. The van der Waals surface area contributed by atoms with Crippen molar-refractivity contribution in [2.24, 2.45) is 14.1 Å². The minimum Gasteiger partial charge on any atom is -0.454 e. The highest BCUT2D eigenvalue weighted by atomic mass is 32.2. The van der Waals surface area contributed by atoms with Gasteiger partial charge in [-0.3, -0.25) is 18.2 Å². The molecule has 3 aromatic rings. The van der Waals surface area contributed by atoms with E-state index in [-0.39, 0.29) is 23.6 Å². The Kier molecular flexibility index (Phi) is 4.38. The van der Waals surface area contributed by atoms with E-state index in [0.29, 0.717) is 22.7 Å². The first-order valence-electron chi connectivity index (χ1n) is 8.88. The second kappa shape index (κ2) is 6.66. The molecule has 2 aromatic carbocycles. The molecule has 0 fully saturated rings. The number of ether oxygens (including phenoxy) is 2. The first kappa shape index (κ1) is 19.1. The van der Waals surface area contributed by atoms with Crippen LogP contribution >= 0.6 is 0 Å². The molecule has 1 aromatic heterocycles. The van der Waals surface area contributed by atoms with Crippen molar-refractivity contribution in [2.75, 3.05) is 17.6 Å². The highest BCUT2D eigenvalue weighted by Gasteiger charge is 2.26. The van der Waals surface area contributed by atoms with Crippen LogP contribution in [0, 0.1) is 0 Å². The van der Waals surface area contributed by atoms with Crippen LogP contribution in [-0.2, 0) is 24.1 Å². The van der Waals surface area contributed by atoms with Crippen molar-refractivity contribution in [3.63, 3.8) is 0 Å². The second-order valence-corrected chi connectivity index (χ2v) is 8.45. The summed E-state index contributed by atoms with van der Waals surface area (Å²) < 4.78 is 40.8. The number of rotatable bonds is 4. The molecule has 29 heavy (non-hydrogen) atoms. The van der Waals surface area contributed by atoms with Crippen molar-refractivity contribution in [3.8, 4) is 11.5 Å². The summed E-state index contributed by atoms with van der Waals surface area (Å²) in [6.07, 6.45) is 0. The number of hydrogen-bond acceptors (Lipinski definition) is 6. The van der Waals surface area contributed by atoms with Gasteiger partial charge in [-0.1, -0.05) is 0 Å². The topological polar surface area (TPSA) is 99.8 Å². The Morgan fingerprint density at radius 1 is 1.00 bits per heavy atom. The van der Waals surface area contributed by atoms with Gasteiger partial charge in [0.1, 0.15) is 0 Å². The molecule has 2 heterocycles. The number of nitrogens with zero attached hydrogens (tertiary/aromatic N) is 3. The third-order valence-electron chi connectivity index (χ3n) is 4.96. The lowest BCUT2D eigenvalue weighted by Crippen LogP contribution is -2.37. The zero-order valence-corrected chi connectivity index (χ0v) is 16.9. The van der Waals surface area contributed by atoms with Gasteiger partial charge in [0, 0.05) is 26.7 Å². The smallest absolute Gasteiger partial charge is 0.330 e.